The van der Waals surface area contributed by atoms with Crippen molar-refractivity contribution in [3.63, 3.8) is 0 Å². The molecule has 1 aromatic rings. The van der Waals surface area contributed by atoms with Gasteiger partial charge in [-0.05, 0) is 26.8 Å². The largest absolute Gasteiger partial charge is 0.397 e. The molecule has 1 amide bonds. The van der Waals surface area contributed by atoms with Gasteiger partial charge in [-0.15, -0.1) is 0 Å². The van der Waals surface area contributed by atoms with Crippen molar-refractivity contribution < 1.29 is 18.0 Å². The molecule has 4 nitrogen and oxygen atoms in total. The second kappa shape index (κ2) is 4.96. The normalized spacial score (nSPS) is 12.1. The summed E-state index contributed by atoms with van der Waals surface area (Å²) in [5.41, 5.74) is -0.187. The maximum Gasteiger partial charge on any atom is 0.397 e. The number of alkyl halides is 3. The van der Waals surface area contributed by atoms with Gasteiger partial charge in [-0.1, -0.05) is 0 Å². The highest BCUT2D eigenvalue weighted by atomic mass is 19.4. The predicted molar refractivity (Wildman–Crippen MR) is 63.4 cm³/mol. The van der Waals surface area contributed by atoms with Crippen LogP contribution in [0.4, 0.5) is 19.0 Å². The lowest BCUT2D eigenvalue weighted by molar-refractivity contribution is -0.150. The number of hydrogen-bond acceptors (Lipinski definition) is 2. The van der Waals surface area contributed by atoms with E-state index in [1.807, 2.05) is 26.8 Å². The Balaban J connectivity index is 2.98. The standard InChI is InChI=1S/C12H14F3N3O/c1-11(2,3)18-7-8(6-16)4-9(18)17-10(19)5-12(13,14)15/h4,7H,5H2,1-3H3,(H,17,19). The Bertz CT molecular complexity index is 518. The van der Waals surface area contributed by atoms with Crippen LogP contribution in [0.15, 0.2) is 12.3 Å². The first kappa shape index (κ1) is 15.1. The van der Waals surface area contributed by atoms with E-state index in [0.717, 1.165) is 0 Å². The van der Waals surface area contributed by atoms with Gasteiger partial charge in [0.15, 0.2) is 0 Å². The van der Waals surface area contributed by atoms with E-state index >= 15 is 0 Å². The van der Waals surface area contributed by atoms with E-state index in [1.165, 1.54) is 12.3 Å². The molecule has 1 aromatic heterocycles. The first-order valence-corrected chi connectivity index (χ1v) is 5.52. The molecule has 19 heavy (non-hydrogen) atoms. The number of amides is 1. The highest BCUT2D eigenvalue weighted by Gasteiger charge is 2.32. The summed E-state index contributed by atoms with van der Waals surface area (Å²) in [7, 11) is 0. The van der Waals surface area contributed by atoms with Crippen molar-refractivity contribution in [3.05, 3.63) is 17.8 Å². The molecule has 0 aliphatic rings. The van der Waals surface area contributed by atoms with Crippen LogP contribution in [0.2, 0.25) is 0 Å². The molecule has 1 heterocycles. The van der Waals surface area contributed by atoms with Crippen LogP contribution < -0.4 is 5.32 Å². The van der Waals surface area contributed by atoms with Crippen molar-refractivity contribution in [2.75, 3.05) is 5.32 Å². The Morgan fingerprint density at radius 2 is 2.00 bits per heavy atom. The highest BCUT2D eigenvalue weighted by Crippen LogP contribution is 2.25. The van der Waals surface area contributed by atoms with Crippen LogP contribution in [-0.2, 0) is 10.3 Å². The lowest BCUT2D eigenvalue weighted by Crippen LogP contribution is -2.27. The number of carbonyl (C=O) groups is 1. The molecule has 1 rings (SSSR count). The van der Waals surface area contributed by atoms with Crippen molar-refractivity contribution in [2.45, 2.75) is 38.9 Å². The molecule has 0 unspecified atom stereocenters. The zero-order valence-electron chi connectivity index (χ0n) is 10.8. The fraction of sp³-hybridized carbons (Fsp3) is 0.500. The molecule has 0 fully saturated rings. The molecular weight excluding hydrogens is 259 g/mol. The molecule has 0 saturated heterocycles. The van der Waals surface area contributed by atoms with Crippen molar-refractivity contribution in [1.82, 2.24) is 4.57 Å². The molecule has 0 radical (unpaired) electrons. The van der Waals surface area contributed by atoms with Crippen molar-refractivity contribution in [2.24, 2.45) is 0 Å². The van der Waals surface area contributed by atoms with E-state index in [9.17, 15) is 18.0 Å². The molecule has 0 bridgehead atoms. The van der Waals surface area contributed by atoms with Crippen LogP contribution in [0.5, 0.6) is 0 Å². The Morgan fingerprint density at radius 1 is 1.42 bits per heavy atom. The fourth-order valence-corrected chi connectivity index (χ4v) is 1.54. The summed E-state index contributed by atoms with van der Waals surface area (Å²) in [4.78, 5) is 11.3. The Hall–Kier alpha value is -1.97. The molecular formula is C12H14F3N3O. The monoisotopic (exact) mass is 273 g/mol. The maximum atomic E-state index is 12.1. The van der Waals surface area contributed by atoms with Crippen molar-refractivity contribution in [1.29, 1.82) is 5.26 Å². The quantitative estimate of drug-likeness (QED) is 0.900. The fourth-order valence-electron chi connectivity index (χ4n) is 1.54. The van der Waals surface area contributed by atoms with E-state index in [1.54, 1.807) is 4.57 Å². The second-order valence-corrected chi connectivity index (χ2v) is 5.11. The summed E-state index contributed by atoms with van der Waals surface area (Å²) in [5, 5.41) is 11.0. The number of nitrogens with zero attached hydrogens (tertiary/aromatic N) is 2. The Labute approximate surface area is 108 Å². The molecule has 0 spiro atoms. The van der Waals surface area contributed by atoms with Gasteiger partial charge in [-0.3, -0.25) is 4.79 Å². The summed E-state index contributed by atoms with van der Waals surface area (Å²) in [6, 6.07) is 3.23. The average Bonchev–Trinajstić information content (AvgIpc) is 2.57. The number of aromatic nitrogens is 1. The van der Waals surface area contributed by atoms with E-state index in [2.05, 4.69) is 5.32 Å². The van der Waals surface area contributed by atoms with Gasteiger partial charge in [0.05, 0.1) is 5.56 Å². The molecule has 104 valence electrons. The smallest absolute Gasteiger partial charge is 0.328 e. The van der Waals surface area contributed by atoms with Crippen LogP contribution in [0.1, 0.15) is 32.8 Å². The summed E-state index contributed by atoms with van der Waals surface area (Å²) >= 11 is 0. The number of rotatable bonds is 2. The molecule has 1 N–H and O–H groups in total. The third-order valence-corrected chi connectivity index (χ3v) is 2.30. The number of carbonyl (C=O) groups excluding carboxylic acids is 1. The number of anilines is 1. The third kappa shape index (κ3) is 4.32. The molecule has 0 saturated carbocycles. The molecule has 0 aliphatic heterocycles. The summed E-state index contributed by atoms with van der Waals surface area (Å²) in [5.74, 6) is -0.973. The van der Waals surface area contributed by atoms with Gasteiger partial charge >= 0.3 is 6.18 Å². The van der Waals surface area contributed by atoms with Gasteiger partial charge in [0.1, 0.15) is 18.3 Å². The minimum Gasteiger partial charge on any atom is -0.328 e. The van der Waals surface area contributed by atoms with Gasteiger partial charge in [-0.25, -0.2) is 0 Å². The van der Waals surface area contributed by atoms with Gasteiger partial charge in [0.25, 0.3) is 0 Å². The number of nitrogens with one attached hydrogen (secondary N) is 1. The predicted octanol–water partition coefficient (Wildman–Crippen LogP) is 3.01. The van der Waals surface area contributed by atoms with Gasteiger partial charge in [-0.2, -0.15) is 18.4 Å². The van der Waals surface area contributed by atoms with Gasteiger partial charge in [0.2, 0.25) is 5.91 Å². The van der Waals surface area contributed by atoms with Gasteiger partial charge in [0, 0.05) is 11.7 Å². The first-order valence-electron chi connectivity index (χ1n) is 5.52. The van der Waals surface area contributed by atoms with Crippen molar-refractivity contribution in [3.8, 4) is 6.07 Å². The number of halogens is 3. The minimum atomic E-state index is -4.55. The van der Waals surface area contributed by atoms with Crippen LogP contribution in [-0.4, -0.2) is 16.7 Å². The lowest BCUT2D eigenvalue weighted by atomic mass is 10.1. The van der Waals surface area contributed by atoms with E-state index in [4.69, 9.17) is 5.26 Å². The zero-order chi connectivity index (χ0) is 14.8. The average molecular weight is 273 g/mol. The highest BCUT2D eigenvalue weighted by molar-refractivity contribution is 5.90. The van der Waals surface area contributed by atoms with E-state index in [0.29, 0.717) is 0 Å². The molecule has 7 heteroatoms. The minimum absolute atomic E-state index is 0.179. The molecule has 0 atom stereocenters. The molecule has 0 aliphatic carbocycles. The lowest BCUT2D eigenvalue weighted by Gasteiger charge is -2.24. The number of nitriles is 1. The summed E-state index contributed by atoms with van der Waals surface area (Å²) < 4.78 is 37.8. The Kier molecular flexibility index (Phi) is 3.94. The summed E-state index contributed by atoms with van der Waals surface area (Å²) in [6.45, 7) is 5.44. The third-order valence-electron chi connectivity index (χ3n) is 2.30. The van der Waals surface area contributed by atoms with Crippen molar-refractivity contribution >= 4 is 11.7 Å². The van der Waals surface area contributed by atoms with Crippen LogP contribution in [0.25, 0.3) is 0 Å². The Morgan fingerprint density at radius 3 is 2.42 bits per heavy atom. The van der Waals surface area contributed by atoms with Crippen LogP contribution in [0.3, 0.4) is 0 Å². The molecule has 0 aromatic carbocycles. The first-order chi connectivity index (χ1) is 8.53. The maximum absolute atomic E-state index is 12.1. The topological polar surface area (TPSA) is 57.8 Å². The zero-order valence-corrected chi connectivity index (χ0v) is 10.8. The van der Waals surface area contributed by atoms with Crippen LogP contribution in [0, 0.1) is 11.3 Å². The van der Waals surface area contributed by atoms with Gasteiger partial charge < -0.3 is 9.88 Å². The second-order valence-electron chi connectivity index (χ2n) is 5.11. The SMILES string of the molecule is CC(C)(C)n1cc(C#N)cc1NC(=O)CC(F)(F)F. The summed E-state index contributed by atoms with van der Waals surface area (Å²) in [6.07, 6.45) is -4.62. The van der Waals surface area contributed by atoms with E-state index in [-0.39, 0.29) is 11.4 Å². The number of hydrogen-bond donors (Lipinski definition) is 1. The van der Waals surface area contributed by atoms with E-state index < -0.39 is 24.0 Å². The van der Waals surface area contributed by atoms with Crippen LogP contribution >= 0.6 is 0 Å².